The van der Waals surface area contributed by atoms with E-state index in [2.05, 4.69) is 5.16 Å². The lowest BCUT2D eigenvalue weighted by atomic mass is 10.1. The molecule has 0 radical (unpaired) electrons. The van der Waals surface area contributed by atoms with E-state index in [9.17, 15) is 9.90 Å². The summed E-state index contributed by atoms with van der Waals surface area (Å²) in [6.07, 6.45) is 3.26. The van der Waals surface area contributed by atoms with Crippen LogP contribution in [0.4, 0.5) is 0 Å². The lowest BCUT2D eigenvalue weighted by Gasteiger charge is -2.21. The van der Waals surface area contributed by atoms with Gasteiger partial charge in [0.05, 0.1) is 0 Å². The number of hydrogen-bond acceptors (Lipinski definition) is 5. The highest BCUT2D eigenvalue weighted by atomic mass is 16.5. The van der Waals surface area contributed by atoms with Crippen LogP contribution in [-0.2, 0) is 4.79 Å². The predicted molar refractivity (Wildman–Crippen MR) is 94.2 cm³/mol. The number of allylic oxidation sites excluding steroid dienone is 1. The third-order valence-corrected chi connectivity index (χ3v) is 3.49. The molecular formula is C19H19NO5. The van der Waals surface area contributed by atoms with Gasteiger partial charge in [0.25, 0.3) is 0 Å². The maximum absolute atomic E-state index is 11.1. The monoisotopic (exact) mass is 341 g/mol. The molecule has 25 heavy (non-hydrogen) atoms. The highest BCUT2D eigenvalue weighted by Crippen LogP contribution is 2.21. The van der Waals surface area contributed by atoms with E-state index in [1.54, 1.807) is 54.6 Å². The molecule has 2 aromatic carbocycles. The molecule has 0 amide bonds. The van der Waals surface area contributed by atoms with E-state index in [4.69, 9.17) is 15.1 Å². The molecule has 0 heterocycles. The molecule has 0 aromatic heterocycles. The quantitative estimate of drug-likeness (QED) is 0.424. The third-order valence-electron chi connectivity index (χ3n) is 3.49. The van der Waals surface area contributed by atoms with Gasteiger partial charge in [-0.25, -0.2) is 4.79 Å². The molecule has 2 rings (SSSR count). The largest absolute Gasteiger partial charge is 0.507 e. The second-order valence-electron chi connectivity index (χ2n) is 5.82. The van der Waals surface area contributed by atoms with Gasteiger partial charge in [0.15, 0.2) is 5.60 Å². The lowest BCUT2D eigenvalue weighted by Crippen LogP contribution is -2.37. The number of phenols is 1. The van der Waals surface area contributed by atoms with Crippen LogP contribution in [0.15, 0.2) is 59.8 Å². The number of nitrogens with zero attached hydrogens (tertiary/aromatic N) is 1. The van der Waals surface area contributed by atoms with Crippen LogP contribution in [0, 0.1) is 0 Å². The standard InChI is InChI=1S/C19H19NO5/c1-19(2,18(22)23)25-14-10-7-13(8-11-14)9-12-16(20-24)15-5-3-4-6-17(15)21/h3-12,21,24H,1-2H3,(H,22,23)/b12-9+,20-16-. The van der Waals surface area contributed by atoms with Crippen molar-refractivity contribution in [2.45, 2.75) is 19.4 Å². The van der Waals surface area contributed by atoms with Gasteiger partial charge in [-0.1, -0.05) is 35.5 Å². The van der Waals surface area contributed by atoms with E-state index in [0.717, 1.165) is 5.56 Å². The van der Waals surface area contributed by atoms with Crippen molar-refractivity contribution in [2.24, 2.45) is 5.16 Å². The normalized spacial score (nSPS) is 12.3. The van der Waals surface area contributed by atoms with Crippen LogP contribution in [-0.4, -0.2) is 32.7 Å². The number of phenolic OH excluding ortho intramolecular Hbond substituents is 1. The maximum Gasteiger partial charge on any atom is 0.347 e. The van der Waals surface area contributed by atoms with Crippen molar-refractivity contribution < 1.29 is 25.0 Å². The van der Waals surface area contributed by atoms with E-state index < -0.39 is 11.6 Å². The van der Waals surface area contributed by atoms with Gasteiger partial charge in [0, 0.05) is 5.56 Å². The lowest BCUT2D eigenvalue weighted by molar-refractivity contribution is -0.152. The number of aromatic hydroxyl groups is 1. The van der Waals surface area contributed by atoms with Crippen molar-refractivity contribution >= 4 is 17.8 Å². The summed E-state index contributed by atoms with van der Waals surface area (Å²) in [6.45, 7) is 2.94. The number of rotatable bonds is 6. The molecule has 0 aliphatic carbocycles. The van der Waals surface area contributed by atoms with Gasteiger partial charge in [-0.05, 0) is 49.8 Å². The van der Waals surface area contributed by atoms with Gasteiger partial charge in [-0.3, -0.25) is 0 Å². The smallest absolute Gasteiger partial charge is 0.347 e. The highest BCUT2D eigenvalue weighted by molar-refractivity contribution is 6.12. The Morgan fingerprint density at radius 1 is 1.12 bits per heavy atom. The molecule has 130 valence electrons. The number of para-hydroxylation sites is 1. The Kier molecular flexibility index (Phi) is 5.44. The Morgan fingerprint density at radius 3 is 2.32 bits per heavy atom. The molecule has 0 bridgehead atoms. The van der Waals surface area contributed by atoms with Crippen LogP contribution < -0.4 is 4.74 Å². The summed E-state index contributed by atoms with van der Waals surface area (Å²) in [5.74, 6) is -0.608. The van der Waals surface area contributed by atoms with Crippen LogP contribution in [0.3, 0.4) is 0 Å². The number of carbonyl (C=O) groups is 1. The zero-order valence-electron chi connectivity index (χ0n) is 13.9. The minimum absolute atomic E-state index is 0.0135. The molecule has 0 atom stereocenters. The van der Waals surface area contributed by atoms with Gasteiger partial charge in [-0.15, -0.1) is 0 Å². The number of aliphatic carboxylic acids is 1. The minimum atomic E-state index is -1.32. The molecule has 0 saturated heterocycles. The first-order chi connectivity index (χ1) is 11.8. The number of ether oxygens (including phenoxy) is 1. The third kappa shape index (κ3) is 4.60. The molecule has 2 aromatic rings. The summed E-state index contributed by atoms with van der Waals surface area (Å²) in [5, 5.41) is 31.2. The molecule has 0 aliphatic heterocycles. The molecule has 0 unspecified atom stereocenters. The van der Waals surface area contributed by atoms with Crippen LogP contribution in [0.5, 0.6) is 11.5 Å². The zero-order valence-corrected chi connectivity index (χ0v) is 13.9. The summed E-state index contributed by atoms with van der Waals surface area (Å²) in [4.78, 5) is 11.1. The first-order valence-electron chi connectivity index (χ1n) is 7.54. The van der Waals surface area contributed by atoms with Crippen LogP contribution in [0.2, 0.25) is 0 Å². The fourth-order valence-electron chi connectivity index (χ4n) is 2.03. The minimum Gasteiger partial charge on any atom is -0.507 e. The number of carboxylic acid groups (broad SMARTS) is 1. The van der Waals surface area contributed by atoms with E-state index in [1.165, 1.54) is 19.9 Å². The predicted octanol–water partition coefficient (Wildman–Crippen LogP) is 3.53. The van der Waals surface area contributed by atoms with Crippen LogP contribution in [0.1, 0.15) is 25.0 Å². The van der Waals surface area contributed by atoms with Crippen molar-refractivity contribution in [1.82, 2.24) is 0 Å². The van der Waals surface area contributed by atoms with Crippen molar-refractivity contribution in [3.05, 3.63) is 65.7 Å². The second-order valence-corrected chi connectivity index (χ2v) is 5.82. The number of carboxylic acids is 1. The zero-order chi connectivity index (χ0) is 18.4. The molecule has 0 fully saturated rings. The van der Waals surface area contributed by atoms with Gasteiger partial charge in [0.1, 0.15) is 17.2 Å². The Labute approximate surface area is 145 Å². The van der Waals surface area contributed by atoms with E-state index >= 15 is 0 Å². The van der Waals surface area contributed by atoms with Crippen LogP contribution in [0.25, 0.3) is 6.08 Å². The Hall–Kier alpha value is -3.28. The Bertz CT molecular complexity index is 807. The Morgan fingerprint density at radius 2 is 1.76 bits per heavy atom. The topological polar surface area (TPSA) is 99.4 Å². The molecule has 6 heteroatoms. The summed E-state index contributed by atoms with van der Waals surface area (Å²) < 4.78 is 5.43. The molecule has 0 spiro atoms. The summed E-state index contributed by atoms with van der Waals surface area (Å²) in [7, 11) is 0. The SMILES string of the molecule is CC(C)(Oc1ccc(/C=C/C(=N/O)c2ccccc2O)cc1)C(=O)O. The van der Waals surface area contributed by atoms with Crippen LogP contribution >= 0.6 is 0 Å². The van der Waals surface area contributed by atoms with Crippen molar-refractivity contribution in [2.75, 3.05) is 0 Å². The summed E-state index contributed by atoms with van der Waals surface area (Å²) in [6, 6.07) is 13.3. The van der Waals surface area contributed by atoms with Gasteiger partial charge >= 0.3 is 5.97 Å². The van der Waals surface area contributed by atoms with Gasteiger partial charge in [-0.2, -0.15) is 0 Å². The highest BCUT2D eigenvalue weighted by Gasteiger charge is 2.29. The van der Waals surface area contributed by atoms with Gasteiger partial charge in [0.2, 0.25) is 0 Å². The van der Waals surface area contributed by atoms with E-state index in [0.29, 0.717) is 11.3 Å². The molecular weight excluding hydrogens is 322 g/mol. The second kappa shape index (κ2) is 7.53. The fourth-order valence-corrected chi connectivity index (χ4v) is 2.03. The number of benzene rings is 2. The van der Waals surface area contributed by atoms with E-state index in [1.807, 2.05) is 0 Å². The van der Waals surface area contributed by atoms with Gasteiger partial charge < -0.3 is 20.2 Å². The van der Waals surface area contributed by atoms with Crippen molar-refractivity contribution in [3.8, 4) is 11.5 Å². The number of hydrogen-bond donors (Lipinski definition) is 3. The average Bonchev–Trinajstić information content (AvgIpc) is 2.58. The van der Waals surface area contributed by atoms with Crippen molar-refractivity contribution in [3.63, 3.8) is 0 Å². The van der Waals surface area contributed by atoms with Crippen molar-refractivity contribution in [1.29, 1.82) is 0 Å². The summed E-state index contributed by atoms with van der Waals surface area (Å²) >= 11 is 0. The molecule has 0 aliphatic rings. The molecule has 0 saturated carbocycles. The first kappa shape index (κ1) is 18.1. The fraction of sp³-hybridized carbons (Fsp3) is 0.158. The molecule has 6 nitrogen and oxygen atoms in total. The van der Waals surface area contributed by atoms with E-state index in [-0.39, 0.29) is 11.5 Å². The number of oxime groups is 1. The maximum atomic E-state index is 11.1. The Balaban J connectivity index is 2.14. The average molecular weight is 341 g/mol. The molecule has 3 N–H and O–H groups in total. The summed E-state index contributed by atoms with van der Waals surface area (Å²) in [5.41, 5.74) is 0.0886. The first-order valence-corrected chi connectivity index (χ1v) is 7.54.